The quantitative estimate of drug-likeness (QED) is 0.400. The fourth-order valence-electron chi connectivity index (χ4n) is 3.76. The minimum atomic E-state index is 0.599. The average Bonchev–Trinajstić information content (AvgIpc) is 3.36. The summed E-state index contributed by atoms with van der Waals surface area (Å²) in [5.41, 5.74) is 5.50. The number of hydrogen-bond donors (Lipinski definition) is 1. The van der Waals surface area contributed by atoms with Crippen LogP contribution in [-0.2, 0) is 0 Å². The molecular weight excluding hydrogens is 346 g/mol. The fraction of sp³-hybridized carbons (Fsp3) is 0. The Morgan fingerprint density at radius 3 is 2.36 bits per heavy atom. The summed E-state index contributed by atoms with van der Waals surface area (Å²) < 4.78 is 6.09. The number of imidazole rings is 1. The molecule has 0 amide bonds. The molecule has 2 aromatic heterocycles. The van der Waals surface area contributed by atoms with E-state index in [4.69, 9.17) is 14.4 Å². The Bertz CT molecular complexity index is 1410. The lowest BCUT2D eigenvalue weighted by Crippen LogP contribution is -1.90. The van der Waals surface area contributed by atoms with Crippen LogP contribution < -0.4 is 0 Å². The Balaban J connectivity index is 1.70. The van der Waals surface area contributed by atoms with Gasteiger partial charge in [-0.25, -0.2) is 9.97 Å². The van der Waals surface area contributed by atoms with E-state index in [0.29, 0.717) is 5.89 Å². The van der Waals surface area contributed by atoms with Gasteiger partial charge in [0.05, 0.1) is 11.0 Å². The van der Waals surface area contributed by atoms with E-state index in [0.717, 1.165) is 49.9 Å². The minimum Gasteiger partial charge on any atom is -0.436 e. The lowest BCUT2D eigenvalue weighted by molar-refractivity contribution is 0.620. The topological polar surface area (TPSA) is 54.7 Å². The molecule has 6 rings (SSSR count). The number of nitrogens with one attached hydrogen (secondary N) is 1. The number of para-hydroxylation sites is 4. The lowest BCUT2D eigenvalue weighted by atomic mass is 9.98. The van der Waals surface area contributed by atoms with Crippen molar-refractivity contribution in [2.45, 2.75) is 0 Å². The number of oxazole rings is 1. The molecule has 4 nitrogen and oxygen atoms in total. The molecule has 4 heteroatoms. The predicted molar refractivity (Wildman–Crippen MR) is 112 cm³/mol. The highest BCUT2D eigenvalue weighted by molar-refractivity contribution is 6.03. The van der Waals surface area contributed by atoms with Crippen LogP contribution in [0.15, 0.2) is 89.3 Å². The van der Waals surface area contributed by atoms with Gasteiger partial charge >= 0.3 is 0 Å². The Kier molecular flexibility index (Phi) is 3.14. The normalized spacial score (nSPS) is 11.6. The van der Waals surface area contributed by atoms with Crippen LogP contribution in [0.4, 0.5) is 0 Å². The zero-order valence-electron chi connectivity index (χ0n) is 14.9. The number of rotatable bonds is 2. The molecule has 1 N–H and O–H groups in total. The molecule has 0 aliphatic carbocycles. The number of benzene rings is 4. The molecule has 0 unspecified atom stereocenters. The lowest BCUT2D eigenvalue weighted by Gasteiger charge is -2.09. The van der Waals surface area contributed by atoms with Gasteiger partial charge in [0.15, 0.2) is 5.58 Å². The van der Waals surface area contributed by atoms with Gasteiger partial charge in [-0.1, -0.05) is 54.6 Å². The SMILES string of the molecule is c1ccc2c(-c3nc4ccccc4[nH]3)c(-c3nc4ccccc4o3)ccc2c1. The van der Waals surface area contributed by atoms with Gasteiger partial charge in [0.2, 0.25) is 5.89 Å². The van der Waals surface area contributed by atoms with E-state index in [1.807, 2.05) is 60.7 Å². The Morgan fingerprint density at radius 2 is 1.46 bits per heavy atom. The number of aromatic nitrogens is 3. The molecular formula is C24H15N3O. The summed E-state index contributed by atoms with van der Waals surface area (Å²) in [5, 5.41) is 2.26. The van der Waals surface area contributed by atoms with Crippen LogP contribution >= 0.6 is 0 Å². The second-order valence-corrected chi connectivity index (χ2v) is 6.80. The van der Waals surface area contributed by atoms with E-state index in [-0.39, 0.29) is 0 Å². The van der Waals surface area contributed by atoms with E-state index < -0.39 is 0 Å². The van der Waals surface area contributed by atoms with Crippen LogP contribution in [0.5, 0.6) is 0 Å². The molecule has 0 saturated carbocycles. The van der Waals surface area contributed by atoms with Crippen molar-refractivity contribution < 1.29 is 4.42 Å². The highest BCUT2D eigenvalue weighted by atomic mass is 16.3. The second kappa shape index (κ2) is 5.79. The van der Waals surface area contributed by atoms with Gasteiger partial charge < -0.3 is 9.40 Å². The Hall–Kier alpha value is -3.92. The van der Waals surface area contributed by atoms with Crippen molar-refractivity contribution in [3.63, 3.8) is 0 Å². The predicted octanol–water partition coefficient (Wildman–Crippen LogP) is 6.19. The summed E-state index contributed by atoms with van der Waals surface area (Å²) in [4.78, 5) is 13.0. The van der Waals surface area contributed by atoms with Crippen LogP contribution in [-0.4, -0.2) is 15.0 Å². The molecule has 0 aliphatic heterocycles. The average molecular weight is 361 g/mol. The van der Waals surface area contributed by atoms with Crippen molar-refractivity contribution in [3.8, 4) is 22.8 Å². The number of H-pyrrole nitrogens is 1. The molecule has 0 aliphatic rings. The van der Waals surface area contributed by atoms with E-state index >= 15 is 0 Å². The molecule has 0 spiro atoms. The zero-order valence-corrected chi connectivity index (χ0v) is 14.9. The molecule has 0 saturated heterocycles. The van der Waals surface area contributed by atoms with Crippen molar-refractivity contribution in [2.24, 2.45) is 0 Å². The number of fused-ring (bicyclic) bond motifs is 3. The van der Waals surface area contributed by atoms with Crippen LogP contribution in [0.25, 0.3) is 55.7 Å². The third kappa shape index (κ3) is 2.25. The first-order valence-corrected chi connectivity index (χ1v) is 9.20. The molecule has 0 atom stereocenters. The molecule has 0 fully saturated rings. The largest absolute Gasteiger partial charge is 0.436 e. The number of hydrogen-bond acceptors (Lipinski definition) is 3. The van der Waals surface area contributed by atoms with E-state index in [1.54, 1.807) is 0 Å². The van der Waals surface area contributed by atoms with E-state index in [2.05, 4.69) is 29.2 Å². The molecule has 0 bridgehead atoms. The van der Waals surface area contributed by atoms with Crippen LogP contribution in [0.1, 0.15) is 0 Å². The molecule has 132 valence electrons. The van der Waals surface area contributed by atoms with Crippen LogP contribution in [0.3, 0.4) is 0 Å². The van der Waals surface area contributed by atoms with Gasteiger partial charge in [-0.3, -0.25) is 0 Å². The first-order chi connectivity index (χ1) is 13.9. The van der Waals surface area contributed by atoms with Crippen molar-refractivity contribution in [1.82, 2.24) is 15.0 Å². The van der Waals surface area contributed by atoms with E-state index in [9.17, 15) is 0 Å². The summed E-state index contributed by atoms with van der Waals surface area (Å²) in [5.74, 6) is 1.41. The maximum absolute atomic E-state index is 6.09. The Morgan fingerprint density at radius 1 is 0.679 bits per heavy atom. The van der Waals surface area contributed by atoms with Crippen LogP contribution in [0.2, 0.25) is 0 Å². The third-order valence-corrected chi connectivity index (χ3v) is 5.08. The summed E-state index contributed by atoms with van der Waals surface area (Å²) in [6.07, 6.45) is 0. The van der Waals surface area contributed by atoms with Gasteiger partial charge in [0.1, 0.15) is 11.3 Å². The van der Waals surface area contributed by atoms with Gasteiger partial charge in [0.25, 0.3) is 0 Å². The van der Waals surface area contributed by atoms with Gasteiger partial charge in [-0.15, -0.1) is 0 Å². The zero-order chi connectivity index (χ0) is 18.5. The summed E-state index contributed by atoms with van der Waals surface area (Å²) in [6.45, 7) is 0. The van der Waals surface area contributed by atoms with Gasteiger partial charge in [-0.05, 0) is 41.1 Å². The highest BCUT2D eigenvalue weighted by Gasteiger charge is 2.19. The first-order valence-electron chi connectivity index (χ1n) is 9.20. The number of nitrogens with zero attached hydrogens (tertiary/aromatic N) is 2. The molecule has 0 radical (unpaired) electrons. The first kappa shape index (κ1) is 15.2. The minimum absolute atomic E-state index is 0.599. The maximum atomic E-state index is 6.09. The summed E-state index contributed by atoms with van der Waals surface area (Å²) in [7, 11) is 0. The molecule has 28 heavy (non-hydrogen) atoms. The van der Waals surface area contributed by atoms with Gasteiger partial charge in [-0.2, -0.15) is 0 Å². The fourth-order valence-corrected chi connectivity index (χ4v) is 3.76. The van der Waals surface area contributed by atoms with Crippen molar-refractivity contribution >= 4 is 32.9 Å². The molecule has 6 aromatic rings. The Labute approximate surface area is 160 Å². The monoisotopic (exact) mass is 361 g/mol. The second-order valence-electron chi connectivity index (χ2n) is 6.80. The van der Waals surface area contributed by atoms with Crippen molar-refractivity contribution in [3.05, 3.63) is 84.9 Å². The summed E-state index contributed by atoms with van der Waals surface area (Å²) >= 11 is 0. The van der Waals surface area contributed by atoms with Crippen molar-refractivity contribution in [1.29, 1.82) is 0 Å². The van der Waals surface area contributed by atoms with Crippen molar-refractivity contribution in [2.75, 3.05) is 0 Å². The maximum Gasteiger partial charge on any atom is 0.228 e. The third-order valence-electron chi connectivity index (χ3n) is 5.08. The van der Waals surface area contributed by atoms with Crippen LogP contribution in [0, 0.1) is 0 Å². The highest BCUT2D eigenvalue weighted by Crippen LogP contribution is 2.38. The number of aromatic amines is 1. The smallest absolute Gasteiger partial charge is 0.228 e. The van der Waals surface area contributed by atoms with E-state index in [1.165, 1.54) is 0 Å². The molecule has 4 aromatic carbocycles. The van der Waals surface area contributed by atoms with Gasteiger partial charge in [0, 0.05) is 11.1 Å². The standard InChI is InChI=1S/C24H15N3O/c1-2-8-16-15(7-1)13-14-17(24-27-20-11-5-6-12-21(20)28-24)22(16)23-25-18-9-3-4-10-19(18)26-23/h1-14H,(H,25,26). The summed E-state index contributed by atoms with van der Waals surface area (Å²) in [6, 6.07) is 28.4. The molecule has 2 heterocycles.